The molecule has 0 aromatic heterocycles. The number of nitrogens with one attached hydrogen (secondary N) is 1. The van der Waals surface area contributed by atoms with Gasteiger partial charge in [-0.15, -0.1) is 0 Å². The summed E-state index contributed by atoms with van der Waals surface area (Å²) >= 11 is 0. The molecule has 3 heterocycles. The van der Waals surface area contributed by atoms with Crippen molar-refractivity contribution in [2.45, 2.75) is 57.2 Å². The summed E-state index contributed by atoms with van der Waals surface area (Å²) in [6.45, 7) is 8.00. The third kappa shape index (κ3) is 7.50. The Kier molecular flexibility index (Phi) is 9.83. The number of hydrogen-bond donors (Lipinski definition) is 1. The van der Waals surface area contributed by atoms with Crippen LogP contribution in [0.5, 0.6) is 0 Å². The first-order chi connectivity index (χ1) is 13.8. The maximum absolute atomic E-state index is 6.07. The van der Waals surface area contributed by atoms with Crippen LogP contribution >= 0.6 is 0 Å². The minimum atomic E-state index is 0.320. The van der Waals surface area contributed by atoms with E-state index < -0.39 is 0 Å². The van der Waals surface area contributed by atoms with Crippen molar-refractivity contribution in [1.82, 2.24) is 10.2 Å². The van der Waals surface area contributed by atoms with Crippen LogP contribution in [0.25, 0.3) is 0 Å². The topological polar surface area (TPSA) is 64.6 Å². The maximum Gasteiger partial charge on any atom is 0.193 e. The fraction of sp³-hybridized carbons (Fsp3) is 0.952. The lowest BCUT2D eigenvalue weighted by molar-refractivity contribution is -0.0367. The second-order valence-corrected chi connectivity index (χ2v) is 8.11. The molecule has 0 saturated carbocycles. The van der Waals surface area contributed by atoms with Crippen molar-refractivity contribution in [3.63, 3.8) is 0 Å². The second-order valence-electron chi connectivity index (χ2n) is 8.11. The van der Waals surface area contributed by atoms with Crippen LogP contribution in [-0.4, -0.2) is 89.4 Å². The van der Waals surface area contributed by atoms with Crippen molar-refractivity contribution < 1.29 is 18.9 Å². The summed E-state index contributed by atoms with van der Waals surface area (Å²) in [7, 11) is 1.87. The number of aliphatic imine (C=N–C) groups is 1. The Balaban J connectivity index is 1.22. The summed E-state index contributed by atoms with van der Waals surface area (Å²) in [5.41, 5.74) is 0. The van der Waals surface area contributed by atoms with E-state index in [0.717, 1.165) is 104 Å². The van der Waals surface area contributed by atoms with Gasteiger partial charge in [-0.2, -0.15) is 0 Å². The molecule has 28 heavy (non-hydrogen) atoms. The molecule has 0 radical (unpaired) electrons. The van der Waals surface area contributed by atoms with Crippen LogP contribution in [-0.2, 0) is 18.9 Å². The molecule has 7 heteroatoms. The number of likely N-dealkylation sites (tertiary alicyclic amines) is 1. The zero-order valence-corrected chi connectivity index (χ0v) is 17.6. The molecule has 3 aliphatic heterocycles. The molecule has 3 saturated heterocycles. The zero-order chi connectivity index (χ0) is 19.4. The Morgan fingerprint density at radius 2 is 1.89 bits per heavy atom. The number of hydrogen-bond acceptors (Lipinski definition) is 5. The quantitative estimate of drug-likeness (QED) is 0.365. The molecular formula is C21H39N3O4. The molecule has 1 N–H and O–H groups in total. The van der Waals surface area contributed by atoms with Gasteiger partial charge in [-0.3, -0.25) is 4.99 Å². The van der Waals surface area contributed by atoms with Crippen molar-refractivity contribution in [2.24, 2.45) is 10.9 Å². The molecule has 162 valence electrons. The molecule has 3 fully saturated rings. The molecular weight excluding hydrogens is 358 g/mol. The van der Waals surface area contributed by atoms with Gasteiger partial charge in [-0.05, 0) is 50.9 Å². The van der Waals surface area contributed by atoms with Crippen molar-refractivity contribution >= 4 is 5.96 Å². The summed E-state index contributed by atoms with van der Waals surface area (Å²) in [6, 6.07) is 0. The van der Waals surface area contributed by atoms with Gasteiger partial charge in [0.1, 0.15) is 0 Å². The van der Waals surface area contributed by atoms with Gasteiger partial charge >= 0.3 is 0 Å². The lowest BCUT2D eigenvalue weighted by Crippen LogP contribution is -2.47. The monoisotopic (exact) mass is 397 g/mol. The molecule has 1 atom stereocenters. The summed E-state index contributed by atoms with van der Waals surface area (Å²) in [5, 5.41) is 3.48. The molecule has 7 nitrogen and oxygen atoms in total. The van der Waals surface area contributed by atoms with E-state index in [1.54, 1.807) is 0 Å². The lowest BCUT2D eigenvalue weighted by Gasteiger charge is -2.34. The highest BCUT2D eigenvalue weighted by Gasteiger charge is 2.24. The first-order valence-electron chi connectivity index (χ1n) is 11.2. The molecule has 0 amide bonds. The van der Waals surface area contributed by atoms with Gasteiger partial charge in [0.2, 0.25) is 0 Å². The van der Waals surface area contributed by atoms with Crippen molar-refractivity contribution in [3.05, 3.63) is 0 Å². The number of nitrogens with zero attached hydrogens (tertiary/aromatic N) is 2. The first kappa shape index (κ1) is 21.8. The largest absolute Gasteiger partial charge is 0.381 e. The van der Waals surface area contributed by atoms with Crippen molar-refractivity contribution in [2.75, 3.05) is 66.3 Å². The second kappa shape index (κ2) is 12.6. The number of guanidine groups is 1. The molecule has 0 bridgehead atoms. The highest BCUT2D eigenvalue weighted by atomic mass is 16.5. The number of rotatable bonds is 9. The smallest absolute Gasteiger partial charge is 0.193 e. The Morgan fingerprint density at radius 3 is 2.61 bits per heavy atom. The van der Waals surface area contributed by atoms with Crippen LogP contribution in [0.1, 0.15) is 44.9 Å². The van der Waals surface area contributed by atoms with E-state index in [9.17, 15) is 0 Å². The highest BCUT2D eigenvalue weighted by molar-refractivity contribution is 5.79. The van der Waals surface area contributed by atoms with E-state index in [0.29, 0.717) is 18.1 Å². The summed E-state index contributed by atoms with van der Waals surface area (Å²) in [5.74, 6) is 1.68. The predicted molar refractivity (Wildman–Crippen MR) is 110 cm³/mol. The van der Waals surface area contributed by atoms with Gasteiger partial charge in [-0.1, -0.05) is 0 Å². The van der Waals surface area contributed by atoms with E-state index in [-0.39, 0.29) is 0 Å². The molecule has 3 rings (SSSR count). The molecule has 3 aliphatic rings. The molecule has 0 aromatic carbocycles. The maximum atomic E-state index is 6.07. The van der Waals surface area contributed by atoms with Crippen LogP contribution in [0.2, 0.25) is 0 Å². The van der Waals surface area contributed by atoms with Crippen molar-refractivity contribution in [1.29, 1.82) is 0 Å². The van der Waals surface area contributed by atoms with Gasteiger partial charge in [-0.25, -0.2) is 0 Å². The lowest BCUT2D eigenvalue weighted by atomic mass is 10.0. The predicted octanol–water partition coefficient (Wildman–Crippen LogP) is 2.06. The van der Waals surface area contributed by atoms with E-state index in [4.69, 9.17) is 18.9 Å². The van der Waals surface area contributed by atoms with E-state index in [1.807, 2.05) is 7.05 Å². The van der Waals surface area contributed by atoms with Crippen molar-refractivity contribution in [3.8, 4) is 0 Å². The third-order valence-corrected chi connectivity index (χ3v) is 5.94. The third-order valence-electron chi connectivity index (χ3n) is 5.94. The zero-order valence-electron chi connectivity index (χ0n) is 17.6. The minimum Gasteiger partial charge on any atom is -0.381 e. The molecule has 1 unspecified atom stereocenters. The standard InChI is InChI=1S/C21H39N3O4/c1-22-21(23-9-3-12-26-16-18-7-14-25-15-8-18)24-10-5-19(6-11-24)28-17-20-4-2-13-27-20/h18-20H,2-17H2,1H3,(H,22,23). The molecule has 0 aliphatic carbocycles. The Bertz CT molecular complexity index is 443. The van der Waals surface area contributed by atoms with Crippen LogP contribution in [0.3, 0.4) is 0 Å². The number of piperidine rings is 1. The number of ether oxygens (including phenoxy) is 4. The molecule has 0 spiro atoms. The summed E-state index contributed by atoms with van der Waals surface area (Å²) in [4.78, 5) is 6.80. The minimum absolute atomic E-state index is 0.320. The Hall–Kier alpha value is -0.890. The van der Waals surface area contributed by atoms with Crippen LogP contribution < -0.4 is 5.32 Å². The normalized spacial score (nSPS) is 25.4. The van der Waals surface area contributed by atoms with Gasteiger partial charge in [0, 0.05) is 59.7 Å². The van der Waals surface area contributed by atoms with Gasteiger partial charge < -0.3 is 29.2 Å². The van der Waals surface area contributed by atoms with Crippen LogP contribution in [0.4, 0.5) is 0 Å². The fourth-order valence-corrected chi connectivity index (χ4v) is 4.12. The van der Waals surface area contributed by atoms with Gasteiger partial charge in [0.25, 0.3) is 0 Å². The SMILES string of the molecule is CN=C(NCCCOCC1CCOCC1)N1CCC(OCC2CCCO2)CC1. The van der Waals surface area contributed by atoms with Crippen LogP contribution in [0.15, 0.2) is 4.99 Å². The summed E-state index contributed by atoms with van der Waals surface area (Å²) in [6.07, 6.45) is 8.39. The van der Waals surface area contributed by atoms with E-state index in [1.165, 1.54) is 6.42 Å². The van der Waals surface area contributed by atoms with Crippen LogP contribution in [0, 0.1) is 5.92 Å². The Morgan fingerprint density at radius 1 is 1.07 bits per heavy atom. The molecule has 0 aromatic rings. The van der Waals surface area contributed by atoms with E-state index >= 15 is 0 Å². The van der Waals surface area contributed by atoms with Gasteiger partial charge in [0.05, 0.1) is 18.8 Å². The van der Waals surface area contributed by atoms with E-state index in [2.05, 4.69) is 15.2 Å². The first-order valence-corrected chi connectivity index (χ1v) is 11.2. The summed E-state index contributed by atoms with van der Waals surface area (Å²) < 4.78 is 22.9. The highest BCUT2D eigenvalue weighted by Crippen LogP contribution is 2.18. The average Bonchev–Trinajstić information content (AvgIpc) is 3.27. The average molecular weight is 398 g/mol. The Labute approximate surface area is 170 Å². The van der Waals surface area contributed by atoms with Gasteiger partial charge in [0.15, 0.2) is 5.96 Å². The fourth-order valence-electron chi connectivity index (χ4n) is 4.12.